The maximum absolute atomic E-state index is 13.9. The number of nitrogens with zero attached hydrogens (tertiary/aromatic N) is 3. The maximum atomic E-state index is 13.9. The summed E-state index contributed by atoms with van der Waals surface area (Å²) in [5.41, 5.74) is 7.18. The number of nitroso groups, excluding NO2 is 1. The van der Waals surface area contributed by atoms with Crippen LogP contribution < -0.4 is 16.4 Å². The van der Waals surface area contributed by atoms with Gasteiger partial charge in [0.25, 0.3) is 5.91 Å². The van der Waals surface area contributed by atoms with Crippen molar-refractivity contribution in [1.82, 2.24) is 4.90 Å². The van der Waals surface area contributed by atoms with E-state index in [-0.39, 0.29) is 29.7 Å². The molecule has 214 valence electrons. The number of aliphatic hydroxyl groups is 2. The number of carbonyl (C=O) groups is 3. The Morgan fingerprint density at radius 2 is 1.80 bits per heavy atom. The summed E-state index contributed by atoms with van der Waals surface area (Å²) >= 11 is 0. The normalized spacial score (nSPS) is 32.1. The highest BCUT2D eigenvalue weighted by atomic mass is 16.3. The molecule has 4 aliphatic rings. The number of rotatable bonds is 5. The lowest BCUT2D eigenvalue weighted by molar-refractivity contribution is -0.160. The summed E-state index contributed by atoms with van der Waals surface area (Å²) in [4.78, 5) is 55.0. The molecule has 1 saturated carbocycles. The molecule has 1 aromatic rings. The van der Waals surface area contributed by atoms with Gasteiger partial charge in [-0.1, -0.05) is 0 Å². The third-order valence-electron chi connectivity index (χ3n) is 9.37. The van der Waals surface area contributed by atoms with Gasteiger partial charge in [-0.3, -0.25) is 19.3 Å². The van der Waals surface area contributed by atoms with Crippen LogP contribution in [0.25, 0.3) is 5.76 Å². The van der Waals surface area contributed by atoms with Crippen molar-refractivity contribution in [3.8, 4) is 5.75 Å². The molecule has 2 fully saturated rings. The molecule has 1 aliphatic heterocycles. The summed E-state index contributed by atoms with van der Waals surface area (Å²) in [6, 6.07) is 2.48. The largest absolute Gasteiger partial charge is 0.507 e. The molecule has 0 bridgehead atoms. The highest BCUT2D eigenvalue weighted by Crippen LogP contribution is 2.54. The average Bonchev–Trinajstić information content (AvgIpc) is 3.19. The number of fused-ring (bicyclic) bond motifs is 3. The third-order valence-corrected chi connectivity index (χ3v) is 9.37. The molecule has 1 heterocycles. The first kappa shape index (κ1) is 27.9. The number of phenols is 1. The van der Waals surface area contributed by atoms with Crippen molar-refractivity contribution < 1.29 is 29.7 Å². The molecule has 12 nitrogen and oxygen atoms in total. The van der Waals surface area contributed by atoms with Gasteiger partial charge in [-0.05, 0) is 62.3 Å². The number of hydrogen-bond donors (Lipinski definition) is 5. The van der Waals surface area contributed by atoms with Crippen LogP contribution in [0.3, 0.4) is 0 Å². The fraction of sp³-hybridized carbons (Fsp3) is 0.536. The number of amides is 1. The van der Waals surface area contributed by atoms with Crippen molar-refractivity contribution >= 4 is 28.9 Å². The molecule has 1 saturated heterocycles. The molecule has 12 heteroatoms. The Bertz CT molecular complexity index is 1420. The number of Topliss-reactive ketones (excluding diaryl/α,β-unsaturated/α-hetero) is 2. The smallest absolute Gasteiger partial charge is 0.254 e. The zero-order valence-corrected chi connectivity index (χ0v) is 23.0. The average molecular weight is 554 g/mol. The van der Waals surface area contributed by atoms with E-state index in [1.54, 1.807) is 0 Å². The molecular formula is C28H35N5O7. The van der Waals surface area contributed by atoms with Crippen molar-refractivity contribution in [1.29, 1.82) is 0 Å². The molecule has 2 unspecified atom stereocenters. The van der Waals surface area contributed by atoms with Gasteiger partial charge in [0.1, 0.15) is 22.8 Å². The van der Waals surface area contributed by atoms with E-state index in [1.807, 2.05) is 25.1 Å². The third kappa shape index (κ3) is 3.66. The molecule has 7 N–H and O–H groups in total. The Morgan fingerprint density at radius 1 is 1.18 bits per heavy atom. The van der Waals surface area contributed by atoms with Gasteiger partial charge in [0.2, 0.25) is 17.2 Å². The molecule has 0 spiro atoms. The summed E-state index contributed by atoms with van der Waals surface area (Å²) in [6.45, 7) is 4.67. The van der Waals surface area contributed by atoms with Crippen molar-refractivity contribution in [2.45, 2.75) is 75.7 Å². The van der Waals surface area contributed by atoms with E-state index in [4.69, 9.17) is 11.5 Å². The number of primary amides is 1. The second kappa shape index (κ2) is 9.22. The molecule has 0 aromatic heterocycles. The number of nitrogens with two attached hydrogens (primary N) is 2. The topological polar surface area (TPSA) is 200 Å². The van der Waals surface area contributed by atoms with Gasteiger partial charge >= 0.3 is 0 Å². The first-order valence-corrected chi connectivity index (χ1v) is 13.4. The summed E-state index contributed by atoms with van der Waals surface area (Å²) in [7, 11) is 3.67. The summed E-state index contributed by atoms with van der Waals surface area (Å²) in [5, 5.41) is 37.4. The van der Waals surface area contributed by atoms with Crippen LogP contribution in [0, 0.1) is 10.8 Å². The van der Waals surface area contributed by atoms with Crippen LogP contribution in [0.1, 0.15) is 56.2 Å². The zero-order valence-electron chi connectivity index (χ0n) is 23.0. The summed E-state index contributed by atoms with van der Waals surface area (Å²) in [6.07, 6.45) is 1.50. The van der Waals surface area contributed by atoms with Crippen LogP contribution in [-0.2, 0) is 27.3 Å². The van der Waals surface area contributed by atoms with Crippen LogP contribution in [0.2, 0.25) is 0 Å². The molecule has 40 heavy (non-hydrogen) atoms. The minimum atomic E-state index is -2.96. The first-order valence-electron chi connectivity index (χ1n) is 13.4. The number of hydrogen-bond acceptors (Lipinski definition) is 11. The van der Waals surface area contributed by atoms with E-state index in [1.165, 1.54) is 0 Å². The van der Waals surface area contributed by atoms with Crippen LogP contribution >= 0.6 is 0 Å². The van der Waals surface area contributed by atoms with Crippen LogP contribution in [0.4, 0.5) is 5.69 Å². The second-order valence-electron chi connectivity index (χ2n) is 11.9. The molecule has 5 atom stereocenters. The van der Waals surface area contributed by atoms with Gasteiger partial charge in [0.05, 0.1) is 11.1 Å². The second-order valence-corrected chi connectivity index (χ2v) is 11.9. The van der Waals surface area contributed by atoms with Crippen LogP contribution in [0.5, 0.6) is 5.75 Å². The molecule has 1 aromatic carbocycles. The lowest BCUT2D eigenvalue weighted by Crippen LogP contribution is -2.75. The van der Waals surface area contributed by atoms with Gasteiger partial charge in [-0.25, -0.2) is 0 Å². The fourth-order valence-corrected chi connectivity index (χ4v) is 7.20. The molecule has 5 rings (SSSR count). The van der Waals surface area contributed by atoms with E-state index in [2.05, 4.69) is 23.9 Å². The van der Waals surface area contributed by atoms with Crippen LogP contribution in [0.15, 0.2) is 28.1 Å². The van der Waals surface area contributed by atoms with Gasteiger partial charge < -0.3 is 31.7 Å². The number of anilines is 1. The highest BCUT2D eigenvalue weighted by molar-refractivity contribution is 6.33. The number of ketones is 2. The Balaban J connectivity index is 1.69. The predicted octanol–water partition coefficient (Wildman–Crippen LogP) is 1.15. The van der Waals surface area contributed by atoms with Gasteiger partial charge in [0.15, 0.2) is 0 Å². The Labute approximate surface area is 231 Å². The number of aromatic hydroxyl groups is 1. The number of aliphatic hydroxyl groups excluding tert-OH is 1. The first-order chi connectivity index (χ1) is 18.7. The van der Waals surface area contributed by atoms with E-state index in [9.17, 15) is 34.6 Å². The minimum absolute atomic E-state index is 0.0672. The van der Waals surface area contributed by atoms with Crippen molar-refractivity contribution in [2.24, 2.45) is 22.6 Å². The van der Waals surface area contributed by atoms with E-state index < -0.39 is 58.0 Å². The van der Waals surface area contributed by atoms with Crippen molar-refractivity contribution in [3.63, 3.8) is 0 Å². The summed E-state index contributed by atoms with van der Waals surface area (Å²) < 4.78 is 0. The highest BCUT2D eigenvalue weighted by Gasteiger charge is 2.68. The van der Waals surface area contributed by atoms with Crippen LogP contribution in [-0.4, -0.2) is 75.0 Å². The van der Waals surface area contributed by atoms with Crippen molar-refractivity contribution in [3.05, 3.63) is 44.5 Å². The summed E-state index contributed by atoms with van der Waals surface area (Å²) in [5.74, 6) is -5.39. The lowest BCUT2D eigenvalue weighted by Gasteiger charge is -2.52. The number of benzene rings is 1. The molecule has 3 aliphatic carbocycles. The Hall–Kier alpha value is -3.61. The lowest BCUT2D eigenvalue weighted by atomic mass is 9.54. The monoisotopic (exact) mass is 553 g/mol. The number of carbonyl (C=O) groups excluding carboxylic acids is 3. The van der Waals surface area contributed by atoms with Gasteiger partial charge in [-0.2, -0.15) is 0 Å². The number of likely N-dealkylation sites (tertiary alicyclic amines) is 1. The van der Waals surface area contributed by atoms with Gasteiger partial charge in [-0.15, -0.1) is 4.91 Å². The minimum Gasteiger partial charge on any atom is -0.507 e. The zero-order chi connectivity index (χ0) is 29.5. The van der Waals surface area contributed by atoms with Gasteiger partial charge in [0, 0.05) is 56.0 Å². The number of phenolic OH excluding ortho intramolecular Hbond substituents is 1. The standard InChI is InChI=1S/C28H35N5O7/c1-12-5-6-13(2)33(12)11-15-8-18(32(3)4)16-7-14-9-27(30)10-17(31-40)21(26(29)38)25(37)28(27,39)24(36)19(14)23(35)20(16)22(15)34/h8,12-14,34-35,39H,5-7,9-11,30H2,1-4H3,(H2,29,38)/t12?,13?,14-,27+,28-/m0/s1. The maximum Gasteiger partial charge on any atom is 0.254 e. The molecule has 1 amide bonds. The predicted molar refractivity (Wildman–Crippen MR) is 146 cm³/mol. The van der Waals surface area contributed by atoms with E-state index >= 15 is 0 Å². The SMILES string of the molecule is CC1CCC(C)N1Cc1cc(N(C)C)c2c(c1O)C(O)=C1C(=O)[C@]3(O)C(=O)C(C(N)=O)=C(N=O)C[C@]3(N)C[C@@H]1C2. The quantitative estimate of drug-likeness (QED) is 0.200. The Morgan fingerprint density at radius 3 is 2.35 bits per heavy atom. The Kier molecular flexibility index (Phi) is 6.44. The molecular weight excluding hydrogens is 518 g/mol. The molecule has 0 radical (unpaired) electrons. The van der Waals surface area contributed by atoms with E-state index in [0.717, 1.165) is 18.5 Å². The van der Waals surface area contributed by atoms with E-state index in [0.29, 0.717) is 29.8 Å². The fourth-order valence-electron chi connectivity index (χ4n) is 7.20. The van der Waals surface area contributed by atoms with Crippen molar-refractivity contribution in [2.75, 3.05) is 19.0 Å².